The smallest absolute Gasteiger partial charge is 0.325 e. The minimum absolute atomic E-state index is 0.248. The summed E-state index contributed by atoms with van der Waals surface area (Å²) in [7, 11) is 0. The van der Waals surface area contributed by atoms with Crippen molar-refractivity contribution >= 4 is 46.8 Å². The van der Waals surface area contributed by atoms with Crippen LogP contribution in [0.3, 0.4) is 0 Å². The SMILES string of the molecule is O=C(O)CCC(=O)NC(=O)Nc1cc(Cl)ccc1Cl. The van der Waals surface area contributed by atoms with Gasteiger partial charge in [-0.1, -0.05) is 23.2 Å². The highest BCUT2D eigenvalue weighted by Gasteiger charge is 2.11. The maximum Gasteiger partial charge on any atom is 0.325 e. The third kappa shape index (κ3) is 5.58. The van der Waals surface area contributed by atoms with Gasteiger partial charge in [-0.3, -0.25) is 14.9 Å². The Morgan fingerprint density at radius 2 is 1.84 bits per heavy atom. The highest BCUT2D eigenvalue weighted by Crippen LogP contribution is 2.25. The van der Waals surface area contributed by atoms with Gasteiger partial charge in [-0.25, -0.2) is 4.79 Å². The number of hydrogen-bond donors (Lipinski definition) is 3. The molecule has 0 radical (unpaired) electrons. The molecule has 3 amide bonds. The van der Waals surface area contributed by atoms with E-state index in [1.54, 1.807) is 6.07 Å². The van der Waals surface area contributed by atoms with Gasteiger partial charge in [-0.15, -0.1) is 0 Å². The van der Waals surface area contributed by atoms with Crippen LogP contribution in [0.15, 0.2) is 18.2 Å². The number of nitrogens with one attached hydrogen (secondary N) is 2. The van der Waals surface area contributed by atoms with E-state index in [-0.39, 0.29) is 23.6 Å². The van der Waals surface area contributed by atoms with Crippen molar-refractivity contribution in [2.45, 2.75) is 12.8 Å². The van der Waals surface area contributed by atoms with Crippen LogP contribution in [0.1, 0.15) is 12.8 Å². The van der Waals surface area contributed by atoms with E-state index in [1.807, 2.05) is 5.32 Å². The van der Waals surface area contributed by atoms with Gasteiger partial charge in [-0.05, 0) is 18.2 Å². The number of imide groups is 1. The first-order valence-corrected chi connectivity index (χ1v) is 5.92. The first-order chi connectivity index (χ1) is 8.88. The normalized spacial score (nSPS) is 9.79. The van der Waals surface area contributed by atoms with Crippen molar-refractivity contribution in [3.8, 4) is 0 Å². The first-order valence-electron chi connectivity index (χ1n) is 5.16. The van der Waals surface area contributed by atoms with Gasteiger partial charge in [-0.2, -0.15) is 0 Å². The van der Waals surface area contributed by atoms with Crippen molar-refractivity contribution in [1.29, 1.82) is 0 Å². The molecule has 0 aliphatic carbocycles. The molecule has 0 aliphatic heterocycles. The summed E-state index contributed by atoms with van der Waals surface area (Å²) in [5.74, 6) is -1.81. The van der Waals surface area contributed by atoms with E-state index in [9.17, 15) is 14.4 Å². The number of carboxylic acids is 1. The first kappa shape index (κ1) is 15.3. The molecule has 0 unspecified atom stereocenters. The molecule has 0 saturated carbocycles. The topological polar surface area (TPSA) is 95.5 Å². The molecule has 1 rings (SSSR count). The van der Waals surface area contributed by atoms with Gasteiger partial charge in [0, 0.05) is 11.4 Å². The number of carbonyl (C=O) groups is 3. The van der Waals surface area contributed by atoms with E-state index < -0.39 is 17.9 Å². The van der Waals surface area contributed by atoms with Gasteiger partial charge in [0.25, 0.3) is 0 Å². The molecule has 8 heteroatoms. The molecule has 1 aromatic carbocycles. The Bertz CT molecular complexity index is 519. The molecular formula is C11H10Cl2N2O4. The van der Waals surface area contributed by atoms with Crippen LogP contribution in [-0.2, 0) is 9.59 Å². The second kappa shape index (κ2) is 6.96. The zero-order chi connectivity index (χ0) is 14.4. The number of urea groups is 1. The maximum atomic E-state index is 11.4. The minimum atomic E-state index is -1.12. The van der Waals surface area contributed by atoms with E-state index in [4.69, 9.17) is 28.3 Å². The van der Waals surface area contributed by atoms with E-state index in [1.165, 1.54) is 12.1 Å². The molecule has 0 heterocycles. The lowest BCUT2D eigenvalue weighted by Crippen LogP contribution is -2.34. The quantitative estimate of drug-likeness (QED) is 0.796. The fourth-order valence-electron chi connectivity index (χ4n) is 1.16. The van der Waals surface area contributed by atoms with Crippen molar-refractivity contribution in [2.24, 2.45) is 0 Å². The summed E-state index contributed by atoms with van der Waals surface area (Å²) < 4.78 is 0. The van der Waals surface area contributed by atoms with E-state index in [2.05, 4.69) is 5.32 Å². The van der Waals surface area contributed by atoms with Crippen molar-refractivity contribution in [3.63, 3.8) is 0 Å². The molecule has 6 nitrogen and oxygen atoms in total. The fourth-order valence-corrected chi connectivity index (χ4v) is 1.49. The second-order valence-electron chi connectivity index (χ2n) is 3.52. The summed E-state index contributed by atoms with van der Waals surface area (Å²) in [5, 5.41) is 13.3. The zero-order valence-electron chi connectivity index (χ0n) is 9.57. The number of carbonyl (C=O) groups excluding carboxylic acids is 2. The van der Waals surface area contributed by atoms with Gasteiger partial charge < -0.3 is 10.4 Å². The molecule has 3 N–H and O–H groups in total. The van der Waals surface area contributed by atoms with E-state index in [0.717, 1.165) is 0 Å². The van der Waals surface area contributed by atoms with Crippen LogP contribution in [0, 0.1) is 0 Å². The third-order valence-corrected chi connectivity index (χ3v) is 2.56. The molecule has 0 aliphatic rings. The fraction of sp³-hybridized carbons (Fsp3) is 0.182. The Hall–Kier alpha value is -1.79. The largest absolute Gasteiger partial charge is 0.481 e. The number of rotatable bonds is 4. The van der Waals surface area contributed by atoms with Crippen LogP contribution in [-0.4, -0.2) is 23.0 Å². The molecule has 0 bridgehead atoms. The van der Waals surface area contributed by atoms with Crippen LogP contribution < -0.4 is 10.6 Å². The molecule has 1 aromatic rings. The number of carboxylic acid groups (broad SMARTS) is 1. The van der Waals surface area contributed by atoms with Crippen LogP contribution in [0.4, 0.5) is 10.5 Å². The lowest BCUT2D eigenvalue weighted by molar-refractivity contribution is -0.138. The number of aliphatic carboxylic acids is 1. The molecule has 0 atom stereocenters. The van der Waals surface area contributed by atoms with Crippen molar-refractivity contribution in [1.82, 2.24) is 5.32 Å². The molecular weight excluding hydrogens is 295 g/mol. The van der Waals surface area contributed by atoms with Gasteiger partial charge >= 0.3 is 12.0 Å². The Kier molecular flexibility index (Phi) is 5.59. The molecule has 0 fully saturated rings. The standard InChI is InChI=1S/C11H10Cl2N2O4/c12-6-1-2-7(13)8(5-6)14-11(19)15-9(16)3-4-10(17)18/h1-2,5H,3-4H2,(H,17,18)(H2,14,15,16,19). The monoisotopic (exact) mass is 304 g/mol. The summed E-state index contributed by atoms with van der Waals surface area (Å²) in [4.78, 5) is 32.9. The van der Waals surface area contributed by atoms with Crippen LogP contribution in [0.5, 0.6) is 0 Å². The van der Waals surface area contributed by atoms with E-state index in [0.29, 0.717) is 5.02 Å². The molecule has 19 heavy (non-hydrogen) atoms. The van der Waals surface area contributed by atoms with Gasteiger partial charge in [0.2, 0.25) is 5.91 Å². The van der Waals surface area contributed by atoms with Crippen molar-refractivity contribution < 1.29 is 19.5 Å². The van der Waals surface area contributed by atoms with Crippen LogP contribution in [0.2, 0.25) is 10.0 Å². The molecule has 0 aromatic heterocycles. The van der Waals surface area contributed by atoms with Crippen molar-refractivity contribution in [3.05, 3.63) is 28.2 Å². The average molecular weight is 305 g/mol. The molecule has 0 spiro atoms. The Morgan fingerprint density at radius 1 is 1.16 bits per heavy atom. The third-order valence-electron chi connectivity index (χ3n) is 2.00. The summed E-state index contributed by atoms with van der Waals surface area (Å²) in [5.41, 5.74) is 0.248. The lowest BCUT2D eigenvalue weighted by Gasteiger charge is -2.08. The Morgan fingerprint density at radius 3 is 2.47 bits per heavy atom. The molecule has 0 saturated heterocycles. The minimum Gasteiger partial charge on any atom is -0.481 e. The number of halogens is 2. The number of anilines is 1. The predicted molar refractivity (Wildman–Crippen MR) is 70.5 cm³/mol. The van der Waals surface area contributed by atoms with Gasteiger partial charge in [0.15, 0.2) is 0 Å². The second-order valence-corrected chi connectivity index (χ2v) is 4.36. The summed E-state index contributed by atoms with van der Waals surface area (Å²) in [6.07, 6.45) is -0.636. The van der Waals surface area contributed by atoms with Gasteiger partial charge in [0.1, 0.15) is 0 Å². The summed E-state index contributed by atoms with van der Waals surface area (Å²) in [6, 6.07) is 3.65. The molecule has 102 valence electrons. The number of amides is 3. The maximum absolute atomic E-state index is 11.4. The zero-order valence-corrected chi connectivity index (χ0v) is 11.1. The summed E-state index contributed by atoms with van der Waals surface area (Å²) >= 11 is 11.5. The number of hydrogen-bond acceptors (Lipinski definition) is 3. The van der Waals surface area contributed by atoms with Crippen molar-refractivity contribution in [2.75, 3.05) is 5.32 Å². The highest BCUT2D eigenvalue weighted by molar-refractivity contribution is 6.35. The van der Waals surface area contributed by atoms with Crippen LogP contribution in [0.25, 0.3) is 0 Å². The Labute approximate surface area is 118 Å². The Balaban J connectivity index is 2.53. The predicted octanol–water partition coefficient (Wildman–Crippen LogP) is 2.51. The number of benzene rings is 1. The van der Waals surface area contributed by atoms with Gasteiger partial charge in [0.05, 0.1) is 17.1 Å². The summed E-state index contributed by atoms with van der Waals surface area (Å²) in [6.45, 7) is 0. The van der Waals surface area contributed by atoms with E-state index >= 15 is 0 Å². The average Bonchev–Trinajstić information content (AvgIpc) is 2.31. The highest BCUT2D eigenvalue weighted by atomic mass is 35.5. The van der Waals surface area contributed by atoms with Crippen LogP contribution >= 0.6 is 23.2 Å². The lowest BCUT2D eigenvalue weighted by atomic mass is 10.3.